The fourth-order valence-electron chi connectivity index (χ4n) is 2.61. The van der Waals surface area contributed by atoms with Gasteiger partial charge in [0.1, 0.15) is 0 Å². The average molecular weight is 384 g/mol. The fourth-order valence-corrected chi connectivity index (χ4v) is 4.03. The lowest BCUT2D eigenvalue weighted by atomic mass is 10.1. The lowest BCUT2D eigenvalue weighted by molar-refractivity contribution is 0.0944. The molecule has 0 radical (unpaired) electrons. The van der Waals surface area contributed by atoms with Gasteiger partial charge < -0.3 is 9.84 Å². The molecule has 1 N–H and O–H groups in total. The van der Waals surface area contributed by atoms with E-state index in [9.17, 15) is 13.2 Å². The zero-order chi connectivity index (χ0) is 19.1. The van der Waals surface area contributed by atoms with Gasteiger partial charge in [0, 0.05) is 18.2 Å². The highest BCUT2D eigenvalue weighted by Gasteiger charge is 2.15. The maximum atomic E-state index is 12.1. The topological polar surface area (TPSA) is 89.3 Å². The Kier molecular flexibility index (Phi) is 6.03. The molecule has 1 amide bonds. The van der Waals surface area contributed by atoms with Gasteiger partial charge in [-0.2, -0.15) is 0 Å². The molecule has 0 saturated carbocycles. The molecule has 0 aliphatic carbocycles. The number of carbonyl (C=O) groups is 1. The van der Waals surface area contributed by atoms with Gasteiger partial charge in [0.25, 0.3) is 5.91 Å². The highest BCUT2D eigenvalue weighted by molar-refractivity contribution is 7.90. The van der Waals surface area contributed by atoms with Crippen molar-refractivity contribution >= 4 is 15.7 Å². The Labute approximate surface area is 158 Å². The van der Waals surface area contributed by atoms with Gasteiger partial charge in [0.2, 0.25) is 0 Å². The van der Waals surface area contributed by atoms with E-state index in [1.807, 2.05) is 48.5 Å². The Hall–Kier alpha value is -2.93. The fraction of sp³-hybridized carbons (Fsp3) is 0.200. The molecule has 1 heterocycles. The highest BCUT2D eigenvalue weighted by Crippen LogP contribution is 2.19. The summed E-state index contributed by atoms with van der Waals surface area (Å²) in [5, 5.41) is 6.44. The van der Waals surface area contributed by atoms with Crippen molar-refractivity contribution in [2.24, 2.45) is 0 Å². The quantitative estimate of drug-likeness (QED) is 0.603. The van der Waals surface area contributed by atoms with Gasteiger partial charge in [-0.05, 0) is 12.0 Å². The predicted octanol–water partition coefficient (Wildman–Crippen LogP) is 3.08. The van der Waals surface area contributed by atoms with E-state index in [-0.39, 0.29) is 29.7 Å². The molecule has 3 rings (SSSR count). The van der Waals surface area contributed by atoms with Crippen LogP contribution in [0.1, 0.15) is 22.5 Å². The van der Waals surface area contributed by atoms with Gasteiger partial charge in [0.05, 0.1) is 11.5 Å². The molecule has 7 heteroatoms. The van der Waals surface area contributed by atoms with Crippen molar-refractivity contribution in [3.63, 3.8) is 0 Å². The van der Waals surface area contributed by atoms with Crippen LogP contribution < -0.4 is 5.32 Å². The number of nitrogens with zero attached hydrogens (tertiary/aromatic N) is 1. The lowest BCUT2D eigenvalue weighted by Crippen LogP contribution is -2.26. The summed E-state index contributed by atoms with van der Waals surface area (Å²) in [7, 11) is -3.21. The Morgan fingerprint density at radius 1 is 1.00 bits per heavy atom. The first-order valence-electron chi connectivity index (χ1n) is 8.58. The van der Waals surface area contributed by atoms with Gasteiger partial charge >= 0.3 is 0 Å². The van der Waals surface area contributed by atoms with Crippen molar-refractivity contribution in [3.8, 4) is 11.3 Å². The van der Waals surface area contributed by atoms with Gasteiger partial charge in [-0.1, -0.05) is 65.8 Å². The van der Waals surface area contributed by atoms with Crippen molar-refractivity contribution in [1.29, 1.82) is 0 Å². The van der Waals surface area contributed by atoms with Crippen molar-refractivity contribution in [1.82, 2.24) is 10.5 Å². The van der Waals surface area contributed by atoms with E-state index >= 15 is 0 Å². The smallest absolute Gasteiger partial charge is 0.273 e. The number of carbonyl (C=O) groups excluding carboxylic acids is 1. The van der Waals surface area contributed by atoms with Crippen LogP contribution in [0.4, 0.5) is 0 Å². The number of rotatable bonds is 8. The lowest BCUT2D eigenvalue weighted by Gasteiger charge is -2.05. The predicted molar refractivity (Wildman–Crippen MR) is 103 cm³/mol. The van der Waals surface area contributed by atoms with E-state index in [4.69, 9.17) is 4.52 Å². The number of hydrogen-bond acceptors (Lipinski definition) is 5. The second-order valence-corrected chi connectivity index (χ2v) is 8.31. The van der Waals surface area contributed by atoms with E-state index in [0.29, 0.717) is 12.2 Å². The summed E-state index contributed by atoms with van der Waals surface area (Å²) in [5.41, 5.74) is 1.76. The number of aromatic nitrogens is 1. The van der Waals surface area contributed by atoms with Gasteiger partial charge in [-0.3, -0.25) is 4.79 Å². The molecule has 0 fully saturated rings. The van der Waals surface area contributed by atoms with Gasteiger partial charge in [0.15, 0.2) is 21.3 Å². The summed E-state index contributed by atoms with van der Waals surface area (Å²) in [6, 6.07) is 20.0. The molecule has 140 valence electrons. The SMILES string of the molecule is O=C(NCCCS(=O)(=O)Cc1ccccc1)c1cc(-c2ccccc2)on1. The first-order valence-corrected chi connectivity index (χ1v) is 10.4. The third kappa shape index (κ3) is 5.52. The zero-order valence-electron chi connectivity index (χ0n) is 14.7. The molecule has 6 nitrogen and oxygen atoms in total. The van der Waals surface area contributed by atoms with Crippen LogP contribution in [0.15, 0.2) is 71.3 Å². The molecule has 0 aliphatic rings. The van der Waals surface area contributed by atoms with E-state index in [0.717, 1.165) is 11.1 Å². The van der Waals surface area contributed by atoms with Crippen molar-refractivity contribution in [2.45, 2.75) is 12.2 Å². The maximum absolute atomic E-state index is 12.1. The monoisotopic (exact) mass is 384 g/mol. The van der Waals surface area contributed by atoms with Crippen molar-refractivity contribution in [2.75, 3.05) is 12.3 Å². The summed E-state index contributed by atoms with van der Waals surface area (Å²) in [5.74, 6) is 0.134. The number of benzene rings is 2. The molecule has 1 aromatic heterocycles. The van der Waals surface area contributed by atoms with E-state index in [1.54, 1.807) is 18.2 Å². The first-order chi connectivity index (χ1) is 13.0. The van der Waals surface area contributed by atoms with E-state index in [1.165, 1.54) is 0 Å². The summed E-state index contributed by atoms with van der Waals surface area (Å²) in [6.07, 6.45) is 0.338. The Morgan fingerprint density at radius 3 is 2.37 bits per heavy atom. The van der Waals surface area contributed by atoms with E-state index in [2.05, 4.69) is 10.5 Å². The molecule has 0 aliphatic heterocycles. The minimum Gasteiger partial charge on any atom is -0.355 e. The van der Waals surface area contributed by atoms with Crippen LogP contribution in [0.25, 0.3) is 11.3 Å². The standard InChI is InChI=1S/C20H20N2O4S/c23-20(18-14-19(26-22-18)17-10-5-2-6-11-17)21-12-7-13-27(24,25)15-16-8-3-1-4-9-16/h1-6,8-11,14H,7,12-13,15H2,(H,21,23). The van der Waals surface area contributed by atoms with Crippen molar-refractivity contribution in [3.05, 3.63) is 78.0 Å². The van der Waals surface area contributed by atoms with Gasteiger partial charge in [-0.25, -0.2) is 8.42 Å². The summed E-state index contributed by atoms with van der Waals surface area (Å²) in [6.45, 7) is 0.250. The highest BCUT2D eigenvalue weighted by atomic mass is 32.2. The number of sulfone groups is 1. The van der Waals surface area contributed by atoms with Gasteiger partial charge in [-0.15, -0.1) is 0 Å². The number of nitrogens with one attached hydrogen (secondary N) is 1. The largest absolute Gasteiger partial charge is 0.355 e. The normalized spacial score (nSPS) is 11.3. The molecule has 0 spiro atoms. The molecule has 3 aromatic rings. The second kappa shape index (κ2) is 8.64. The molecule has 0 atom stereocenters. The third-order valence-electron chi connectivity index (χ3n) is 3.95. The Balaban J connectivity index is 1.46. The van der Waals surface area contributed by atoms with Crippen LogP contribution in [0.3, 0.4) is 0 Å². The Bertz CT molecular complexity index is 983. The summed E-state index contributed by atoms with van der Waals surface area (Å²) < 4.78 is 29.5. The van der Waals surface area contributed by atoms with Crippen LogP contribution in [0, 0.1) is 0 Å². The molecule has 0 unspecified atom stereocenters. The zero-order valence-corrected chi connectivity index (χ0v) is 15.5. The summed E-state index contributed by atoms with van der Waals surface area (Å²) in [4.78, 5) is 12.1. The Morgan fingerprint density at radius 2 is 1.67 bits per heavy atom. The molecular weight excluding hydrogens is 364 g/mol. The molecule has 0 bridgehead atoms. The first kappa shape index (κ1) is 18.8. The minimum absolute atomic E-state index is 0.00546. The third-order valence-corrected chi connectivity index (χ3v) is 5.63. The number of amides is 1. The van der Waals surface area contributed by atoms with Crippen LogP contribution in [0.2, 0.25) is 0 Å². The van der Waals surface area contributed by atoms with E-state index < -0.39 is 9.84 Å². The van der Waals surface area contributed by atoms with Crippen molar-refractivity contribution < 1.29 is 17.7 Å². The van der Waals surface area contributed by atoms with Crippen LogP contribution in [0.5, 0.6) is 0 Å². The average Bonchev–Trinajstić information content (AvgIpc) is 3.17. The minimum atomic E-state index is -3.21. The van der Waals surface area contributed by atoms with Crippen LogP contribution >= 0.6 is 0 Å². The molecular formula is C20H20N2O4S. The second-order valence-electron chi connectivity index (χ2n) is 6.13. The number of hydrogen-bond donors (Lipinski definition) is 1. The molecule has 2 aromatic carbocycles. The maximum Gasteiger partial charge on any atom is 0.273 e. The van der Waals surface area contributed by atoms with Crippen LogP contribution in [-0.4, -0.2) is 31.8 Å². The summed E-state index contributed by atoms with van der Waals surface area (Å²) >= 11 is 0. The molecule has 27 heavy (non-hydrogen) atoms. The molecule has 0 saturated heterocycles. The van der Waals surface area contributed by atoms with Crippen LogP contribution in [-0.2, 0) is 15.6 Å².